The van der Waals surface area contributed by atoms with Crippen LogP contribution in [0.25, 0.3) is 0 Å². The molecule has 144 valence electrons. The molecule has 1 aromatic heterocycles. The molecule has 0 saturated heterocycles. The molecule has 1 aliphatic rings. The number of carbonyl (C=O) groups is 2. The first-order chi connectivity index (χ1) is 12.9. The van der Waals surface area contributed by atoms with Crippen molar-refractivity contribution in [2.45, 2.75) is 45.4 Å². The van der Waals surface area contributed by atoms with Crippen LogP contribution in [0.2, 0.25) is 0 Å². The molecule has 7 heteroatoms. The highest BCUT2D eigenvalue weighted by Gasteiger charge is 2.35. The number of hydrogen-bond donors (Lipinski definition) is 2. The van der Waals surface area contributed by atoms with Crippen LogP contribution in [0.5, 0.6) is 5.75 Å². The summed E-state index contributed by atoms with van der Waals surface area (Å²) >= 11 is 0. The zero-order valence-electron chi connectivity index (χ0n) is 15.6. The van der Waals surface area contributed by atoms with Gasteiger partial charge < -0.3 is 19.6 Å². The number of carbonyl (C=O) groups excluding carboxylic acids is 2. The largest absolute Gasteiger partial charge is 0.478 e. The number of aliphatic hydroxyl groups is 1. The summed E-state index contributed by atoms with van der Waals surface area (Å²) in [6.45, 7) is 5.47. The van der Waals surface area contributed by atoms with Crippen LogP contribution in [0.15, 0.2) is 41.0 Å². The van der Waals surface area contributed by atoms with Gasteiger partial charge in [0.2, 0.25) is 5.91 Å². The molecule has 7 nitrogen and oxygen atoms in total. The van der Waals surface area contributed by atoms with Crippen molar-refractivity contribution in [3.63, 3.8) is 0 Å². The molecule has 2 N–H and O–H groups in total. The van der Waals surface area contributed by atoms with Gasteiger partial charge in [-0.1, -0.05) is 13.0 Å². The maximum atomic E-state index is 12.8. The smallest absolute Gasteiger partial charge is 0.268 e. The van der Waals surface area contributed by atoms with Crippen LogP contribution in [0.3, 0.4) is 0 Å². The number of anilines is 1. The van der Waals surface area contributed by atoms with Crippen molar-refractivity contribution in [3.8, 4) is 5.75 Å². The Morgan fingerprint density at radius 3 is 2.74 bits per heavy atom. The van der Waals surface area contributed by atoms with Gasteiger partial charge in [0, 0.05) is 6.04 Å². The van der Waals surface area contributed by atoms with E-state index in [-0.39, 0.29) is 24.4 Å². The molecular formula is C20H24N2O5. The number of benzene rings is 1. The number of rotatable bonds is 6. The van der Waals surface area contributed by atoms with Gasteiger partial charge in [0.15, 0.2) is 6.10 Å². The second kappa shape index (κ2) is 7.84. The molecule has 0 fully saturated rings. The van der Waals surface area contributed by atoms with Gasteiger partial charge in [0.1, 0.15) is 24.2 Å². The van der Waals surface area contributed by atoms with Crippen molar-refractivity contribution in [3.05, 3.63) is 47.9 Å². The number of ether oxygens (including phenoxy) is 1. The van der Waals surface area contributed by atoms with Crippen LogP contribution in [0.4, 0.5) is 5.69 Å². The lowest BCUT2D eigenvalue weighted by Gasteiger charge is -2.34. The summed E-state index contributed by atoms with van der Waals surface area (Å²) in [4.78, 5) is 26.5. The minimum Gasteiger partial charge on any atom is -0.478 e. The van der Waals surface area contributed by atoms with E-state index in [0.29, 0.717) is 29.2 Å². The summed E-state index contributed by atoms with van der Waals surface area (Å²) in [6, 6.07) is 8.43. The van der Waals surface area contributed by atoms with E-state index in [0.717, 1.165) is 0 Å². The molecule has 3 rings (SSSR count). The van der Waals surface area contributed by atoms with Gasteiger partial charge in [-0.25, -0.2) is 0 Å². The van der Waals surface area contributed by atoms with Gasteiger partial charge in [0.25, 0.3) is 5.91 Å². The van der Waals surface area contributed by atoms with E-state index in [9.17, 15) is 14.7 Å². The maximum Gasteiger partial charge on any atom is 0.268 e. The number of fused-ring (bicyclic) bond motifs is 1. The first-order valence-electron chi connectivity index (χ1n) is 9.03. The van der Waals surface area contributed by atoms with E-state index >= 15 is 0 Å². The lowest BCUT2D eigenvalue weighted by molar-refractivity contribution is -0.129. The van der Waals surface area contributed by atoms with E-state index in [1.54, 1.807) is 30.3 Å². The fourth-order valence-electron chi connectivity index (χ4n) is 3.05. The fourth-order valence-corrected chi connectivity index (χ4v) is 3.05. The third kappa shape index (κ3) is 3.98. The second-order valence-electron chi connectivity index (χ2n) is 6.81. The van der Waals surface area contributed by atoms with Gasteiger partial charge in [-0.3, -0.25) is 14.5 Å². The maximum absolute atomic E-state index is 12.8. The van der Waals surface area contributed by atoms with Crippen molar-refractivity contribution in [2.75, 3.05) is 11.4 Å². The standard InChI is InChI=1S/C20H24N2O5/c1-4-15-20(25)22(11-18(23)21-12(2)3)14-10-13(7-8-16(14)27-15)19(24)17-6-5-9-26-17/h5-10,12,15,19,24H,4,11H2,1-3H3,(H,21,23)/t15-,19-/m1/s1. The summed E-state index contributed by atoms with van der Waals surface area (Å²) in [5.74, 6) is 0.384. The van der Waals surface area contributed by atoms with Crippen LogP contribution in [-0.2, 0) is 9.59 Å². The number of hydrogen-bond acceptors (Lipinski definition) is 5. The van der Waals surface area contributed by atoms with Crippen molar-refractivity contribution in [1.82, 2.24) is 5.32 Å². The van der Waals surface area contributed by atoms with Crippen LogP contribution in [0.1, 0.15) is 44.6 Å². The van der Waals surface area contributed by atoms with Crippen molar-refractivity contribution in [1.29, 1.82) is 0 Å². The van der Waals surface area contributed by atoms with E-state index in [1.165, 1.54) is 11.2 Å². The molecule has 27 heavy (non-hydrogen) atoms. The Morgan fingerprint density at radius 2 is 2.11 bits per heavy atom. The molecule has 1 aliphatic heterocycles. The molecule has 2 amide bonds. The van der Waals surface area contributed by atoms with Crippen LogP contribution >= 0.6 is 0 Å². The zero-order valence-corrected chi connectivity index (χ0v) is 15.6. The monoisotopic (exact) mass is 372 g/mol. The molecule has 2 atom stereocenters. The normalized spacial score (nSPS) is 17.4. The Kier molecular flexibility index (Phi) is 5.51. The Bertz CT molecular complexity index is 816. The van der Waals surface area contributed by atoms with Gasteiger partial charge in [0.05, 0.1) is 12.0 Å². The Labute approximate surface area is 157 Å². The van der Waals surface area contributed by atoms with Crippen LogP contribution in [0, 0.1) is 0 Å². The predicted octanol–water partition coefficient (Wildman–Crippen LogP) is 2.39. The highest BCUT2D eigenvalue weighted by molar-refractivity contribution is 6.04. The molecule has 0 bridgehead atoms. The van der Waals surface area contributed by atoms with Crippen LogP contribution in [-0.4, -0.2) is 35.6 Å². The Morgan fingerprint density at radius 1 is 1.33 bits per heavy atom. The summed E-state index contributed by atoms with van der Waals surface area (Å²) < 4.78 is 11.0. The molecule has 2 aromatic rings. The Balaban J connectivity index is 1.95. The van der Waals surface area contributed by atoms with Crippen molar-refractivity contribution >= 4 is 17.5 Å². The SMILES string of the molecule is CC[C@H]1Oc2ccc([C@@H](O)c3ccco3)cc2N(CC(=O)NC(C)C)C1=O. The molecule has 2 heterocycles. The average Bonchev–Trinajstić information content (AvgIpc) is 3.17. The average molecular weight is 372 g/mol. The predicted molar refractivity (Wildman–Crippen MR) is 99.6 cm³/mol. The highest BCUT2D eigenvalue weighted by atomic mass is 16.5. The quantitative estimate of drug-likeness (QED) is 0.812. The molecule has 0 radical (unpaired) electrons. The number of furan rings is 1. The number of amides is 2. The number of nitrogens with one attached hydrogen (secondary N) is 1. The molecule has 1 aromatic carbocycles. The van der Waals surface area contributed by atoms with Gasteiger partial charge >= 0.3 is 0 Å². The minimum atomic E-state index is -0.976. The summed E-state index contributed by atoms with van der Waals surface area (Å²) in [5, 5.41) is 13.3. The van der Waals surface area contributed by atoms with Crippen molar-refractivity contribution in [2.24, 2.45) is 0 Å². The van der Waals surface area contributed by atoms with Gasteiger partial charge in [-0.05, 0) is 50.1 Å². The lowest BCUT2D eigenvalue weighted by atomic mass is 10.0. The topological polar surface area (TPSA) is 92.0 Å². The molecule has 0 spiro atoms. The minimum absolute atomic E-state index is 0.0257. The molecule has 0 unspecified atom stereocenters. The third-order valence-corrected chi connectivity index (χ3v) is 4.34. The fraction of sp³-hybridized carbons (Fsp3) is 0.400. The zero-order chi connectivity index (χ0) is 19.6. The van der Waals surface area contributed by atoms with E-state index in [1.807, 2.05) is 20.8 Å². The van der Waals surface area contributed by atoms with Gasteiger partial charge in [-0.2, -0.15) is 0 Å². The van der Waals surface area contributed by atoms with Gasteiger partial charge in [-0.15, -0.1) is 0 Å². The lowest BCUT2D eigenvalue weighted by Crippen LogP contribution is -2.50. The first kappa shape index (κ1) is 19.0. The molecular weight excluding hydrogens is 348 g/mol. The summed E-state index contributed by atoms with van der Waals surface area (Å²) in [7, 11) is 0. The molecule has 0 saturated carbocycles. The number of aliphatic hydroxyl groups excluding tert-OH is 1. The highest BCUT2D eigenvalue weighted by Crippen LogP contribution is 2.37. The second-order valence-corrected chi connectivity index (χ2v) is 6.81. The van der Waals surface area contributed by atoms with Crippen LogP contribution < -0.4 is 15.0 Å². The number of nitrogens with zero attached hydrogens (tertiary/aromatic N) is 1. The first-order valence-corrected chi connectivity index (χ1v) is 9.03. The third-order valence-electron chi connectivity index (χ3n) is 4.34. The van der Waals surface area contributed by atoms with E-state index in [2.05, 4.69) is 5.32 Å². The van der Waals surface area contributed by atoms with E-state index in [4.69, 9.17) is 9.15 Å². The summed E-state index contributed by atoms with van der Waals surface area (Å²) in [6.07, 6.45) is 0.371. The van der Waals surface area contributed by atoms with Crippen molar-refractivity contribution < 1.29 is 23.8 Å². The molecule has 0 aliphatic carbocycles. The Hall–Kier alpha value is -2.80. The van der Waals surface area contributed by atoms with E-state index < -0.39 is 12.2 Å². The summed E-state index contributed by atoms with van der Waals surface area (Å²) in [5.41, 5.74) is 1.01.